The van der Waals surface area contributed by atoms with E-state index in [2.05, 4.69) is 31.5 Å². The van der Waals surface area contributed by atoms with Crippen molar-refractivity contribution in [1.29, 1.82) is 0 Å². The highest BCUT2D eigenvalue weighted by Crippen LogP contribution is 2.28. The van der Waals surface area contributed by atoms with Gasteiger partial charge < -0.3 is 10.2 Å². The second-order valence-corrected chi connectivity index (χ2v) is 8.27. The first-order valence-electron chi connectivity index (χ1n) is 9.49. The minimum atomic E-state index is -0.0649. The predicted octanol–water partition coefficient (Wildman–Crippen LogP) is 3.24. The van der Waals surface area contributed by atoms with Crippen LogP contribution in [0.15, 0.2) is 48.7 Å². The van der Waals surface area contributed by atoms with Crippen LogP contribution in [0.2, 0.25) is 0 Å². The first-order chi connectivity index (χ1) is 13.7. The van der Waals surface area contributed by atoms with Crippen molar-refractivity contribution >= 4 is 22.4 Å². The summed E-state index contributed by atoms with van der Waals surface area (Å²) >= 11 is 1.65. The number of nitrogens with one attached hydrogen (secondary N) is 1. The molecule has 1 aromatic carbocycles. The Hall–Kier alpha value is -2.80. The number of nitrogens with zero attached hydrogens (tertiary/aromatic N) is 4. The topological polar surface area (TPSA) is 71.0 Å². The molecule has 1 aliphatic rings. The van der Waals surface area contributed by atoms with Crippen LogP contribution in [0.5, 0.6) is 0 Å². The van der Waals surface area contributed by atoms with Gasteiger partial charge in [0.15, 0.2) is 0 Å². The Balaban J connectivity index is 1.34. The third kappa shape index (κ3) is 4.54. The highest BCUT2D eigenvalue weighted by molar-refractivity contribution is 7.15. The molecule has 144 valence electrons. The van der Waals surface area contributed by atoms with Crippen molar-refractivity contribution in [3.63, 3.8) is 0 Å². The number of pyridine rings is 1. The summed E-state index contributed by atoms with van der Waals surface area (Å²) in [5, 5.41) is 13.3. The molecule has 2 aromatic heterocycles. The largest absolute Gasteiger partial charge is 0.346 e. The lowest BCUT2D eigenvalue weighted by atomic mass is 9.97. The van der Waals surface area contributed by atoms with Crippen LogP contribution in [0.25, 0.3) is 0 Å². The van der Waals surface area contributed by atoms with E-state index in [1.54, 1.807) is 17.5 Å². The van der Waals surface area contributed by atoms with Crippen LogP contribution in [-0.4, -0.2) is 34.2 Å². The van der Waals surface area contributed by atoms with Crippen LogP contribution in [0, 0.1) is 12.8 Å². The Bertz CT molecular complexity index is 943. The molecular weight excluding hydrogens is 370 g/mol. The van der Waals surface area contributed by atoms with Crippen molar-refractivity contribution in [2.75, 3.05) is 18.0 Å². The van der Waals surface area contributed by atoms with Crippen LogP contribution in [0.1, 0.15) is 33.0 Å². The van der Waals surface area contributed by atoms with Gasteiger partial charge in [-0.3, -0.25) is 9.78 Å². The lowest BCUT2D eigenvalue weighted by molar-refractivity contribution is 0.0950. The molecule has 7 heteroatoms. The van der Waals surface area contributed by atoms with Crippen LogP contribution in [0.4, 0.5) is 5.13 Å². The van der Waals surface area contributed by atoms with Gasteiger partial charge in [0.2, 0.25) is 5.13 Å². The third-order valence-electron chi connectivity index (χ3n) is 4.94. The molecule has 0 spiro atoms. The standard InChI is InChI=1S/C21H23N5OS/c1-15-24-25-21(28-15)26-10-8-17(14-26)11-16-5-4-6-18(12-16)20(27)23-13-19-7-2-3-9-22-19/h2-7,9,12,17H,8,10-11,13-14H2,1H3,(H,23,27). The normalized spacial score (nSPS) is 16.3. The molecule has 0 aliphatic carbocycles. The maximum atomic E-state index is 12.5. The molecule has 0 bridgehead atoms. The maximum Gasteiger partial charge on any atom is 0.251 e. The highest BCUT2D eigenvalue weighted by atomic mass is 32.1. The van der Waals surface area contributed by atoms with E-state index >= 15 is 0 Å². The number of benzene rings is 1. The van der Waals surface area contributed by atoms with Gasteiger partial charge in [-0.25, -0.2) is 0 Å². The maximum absolute atomic E-state index is 12.5. The van der Waals surface area contributed by atoms with E-state index < -0.39 is 0 Å². The van der Waals surface area contributed by atoms with Gasteiger partial charge >= 0.3 is 0 Å². The number of carbonyl (C=O) groups is 1. The Labute approximate surface area is 168 Å². The molecule has 1 amide bonds. The summed E-state index contributed by atoms with van der Waals surface area (Å²) in [6.45, 7) is 4.43. The third-order valence-corrected chi connectivity index (χ3v) is 5.84. The van der Waals surface area contributed by atoms with Gasteiger partial charge in [-0.2, -0.15) is 0 Å². The SMILES string of the molecule is Cc1nnc(N2CCC(Cc3cccc(C(=O)NCc4ccccn4)c3)C2)s1. The first-order valence-corrected chi connectivity index (χ1v) is 10.3. The zero-order valence-corrected chi connectivity index (χ0v) is 16.7. The van der Waals surface area contributed by atoms with E-state index in [-0.39, 0.29) is 5.91 Å². The van der Waals surface area contributed by atoms with Crippen LogP contribution in [0.3, 0.4) is 0 Å². The summed E-state index contributed by atoms with van der Waals surface area (Å²) in [6.07, 6.45) is 3.83. The summed E-state index contributed by atoms with van der Waals surface area (Å²) in [6, 6.07) is 13.6. The van der Waals surface area contributed by atoms with Crippen LogP contribution < -0.4 is 10.2 Å². The average molecular weight is 394 g/mol. The van der Waals surface area contributed by atoms with E-state index in [9.17, 15) is 4.79 Å². The van der Waals surface area contributed by atoms with Crippen LogP contribution >= 0.6 is 11.3 Å². The van der Waals surface area contributed by atoms with Crippen LogP contribution in [-0.2, 0) is 13.0 Å². The zero-order chi connectivity index (χ0) is 19.3. The summed E-state index contributed by atoms with van der Waals surface area (Å²) in [5.41, 5.74) is 2.75. The minimum Gasteiger partial charge on any atom is -0.346 e. The number of anilines is 1. The highest BCUT2D eigenvalue weighted by Gasteiger charge is 2.25. The molecule has 4 rings (SSSR count). The number of carbonyl (C=O) groups excluding carboxylic acids is 1. The number of rotatable bonds is 6. The van der Waals surface area contributed by atoms with Gasteiger partial charge in [0.25, 0.3) is 5.91 Å². The molecule has 6 nitrogen and oxygen atoms in total. The summed E-state index contributed by atoms with van der Waals surface area (Å²) in [7, 11) is 0. The fraction of sp³-hybridized carbons (Fsp3) is 0.333. The summed E-state index contributed by atoms with van der Waals surface area (Å²) < 4.78 is 0. The molecule has 1 unspecified atom stereocenters. The molecular formula is C21H23N5OS. The van der Waals surface area contributed by atoms with E-state index in [0.29, 0.717) is 18.0 Å². The Morgan fingerprint density at radius 3 is 2.96 bits per heavy atom. The van der Waals surface area contributed by atoms with Gasteiger partial charge in [0, 0.05) is 24.8 Å². The number of aryl methyl sites for hydroxylation is 1. The Morgan fingerprint density at radius 1 is 1.25 bits per heavy atom. The van der Waals surface area contributed by atoms with Gasteiger partial charge in [-0.15, -0.1) is 10.2 Å². The van der Waals surface area contributed by atoms with Crippen molar-refractivity contribution in [3.05, 3.63) is 70.5 Å². The second-order valence-electron chi connectivity index (χ2n) is 7.11. The fourth-order valence-corrected chi connectivity index (χ4v) is 4.26. The summed E-state index contributed by atoms with van der Waals surface area (Å²) in [4.78, 5) is 19.0. The van der Waals surface area contributed by atoms with E-state index in [1.165, 1.54) is 5.56 Å². The Morgan fingerprint density at radius 2 is 2.18 bits per heavy atom. The van der Waals surface area contributed by atoms with E-state index in [0.717, 1.165) is 41.8 Å². The van der Waals surface area contributed by atoms with E-state index in [1.807, 2.05) is 43.3 Å². The van der Waals surface area contributed by atoms with Crippen molar-refractivity contribution in [3.8, 4) is 0 Å². The molecule has 1 N–H and O–H groups in total. The number of hydrogen-bond donors (Lipinski definition) is 1. The monoisotopic (exact) mass is 393 g/mol. The average Bonchev–Trinajstić information content (AvgIpc) is 3.36. The lowest BCUT2D eigenvalue weighted by Gasteiger charge is -2.14. The van der Waals surface area contributed by atoms with Gasteiger partial charge in [0.1, 0.15) is 5.01 Å². The lowest BCUT2D eigenvalue weighted by Crippen LogP contribution is -2.23. The molecule has 3 aromatic rings. The van der Waals surface area contributed by atoms with Gasteiger partial charge in [0.05, 0.1) is 12.2 Å². The molecule has 1 atom stereocenters. The smallest absolute Gasteiger partial charge is 0.251 e. The van der Waals surface area contributed by atoms with Gasteiger partial charge in [-0.05, 0) is 55.5 Å². The minimum absolute atomic E-state index is 0.0649. The number of amides is 1. The molecule has 1 aliphatic heterocycles. The quantitative estimate of drug-likeness (QED) is 0.696. The molecule has 0 radical (unpaired) electrons. The van der Waals surface area contributed by atoms with Crippen molar-refractivity contribution in [2.24, 2.45) is 5.92 Å². The fourth-order valence-electron chi connectivity index (χ4n) is 3.54. The van der Waals surface area contributed by atoms with E-state index in [4.69, 9.17) is 0 Å². The Kier molecular flexibility index (Phi) is 5.62. The number of hydrogen-bond acceptors (Lipinski definition) is 6. The molecule has 1 fully saturated rings. The second kappa shape index (κ2) is 8.48. The molecule has 28 heavy (non-hydrogen) atoms. The molecule has 1 saturated heterocycles. The zero-order valence-electron chi connectivity index (χ0n) is 15.8. The number of aromatic nitrogens is 3. The first kappa shape index (κ1) is 18.6. The van der Waals surface area contributed by atoms with Crippen molar-refractivity contribution < 1.29 is 4.79 Å². The van der Waals surface area contributed by atoms with Crippen molar-refractivity contribution in [2.45, 2.75) is 26.3 Å². The van der Waals surface area contributed by atoms with Crippen molar-refractivity contribution in [1.82, 2.24) is 20.5 Å². The van der Waals surface area contributed by atoms with Gasteiger partial charge in [-0.1, -0.05) is 29.5 Å². The molecule has 3 heterocycles. The molecule has 0 saturated carbocycles. The summed E-state index contributed by atoms with van der Waals surface area (Å²) in [5.74, 6) is 0.501. The predicted molar refractivity (Wildman–Crippen MR) is 111 cm³/mol.